The van der Waals surface area contributed by atoms with Crippen molar-refractivity contribution < 1.29 is 9.53 Å². The van der Waals surface area contributed by atoms with E-state index in [9.17, 15) is 4.79 Å². The van der Waals surface area contributed by atoms with Gasteiger partial charge in [0.2, 0.25) is 0 Å². The molecule has 2 rings (SSSR count). The number of aryl methyl sites for hydroxylation is 1. The fourth-order valence-corrected chi connectivity index (χ4v) is 2.24. The van der Waals surface area contributed by atoms with Gasteiger partial charge in [-0.2, -0.15) is 0 Å². The average Bonchev–Trinajstić information content (AvgIpc) is 2.47. The van der Waals surface area contributed by atoms with Gasteiger partial charge >= 0.3 is 0 Å². The lowest BCUT2D eigenvalue weighted by atomic mass is 10.1. The summed E-state index contributed by atoms with van der Waals surface area (Å²) in [4.78, 5) is 11.9. The minimum Gasteiger partial charge on any atom is -0.484 e. The van der Waals surface area contributed by atoms with Gasteiger partial charge in [-0.05, 0) is 43.2 Å². The Morgan fingerprint density at radius 3 is 2.52 bits per heavy atom. The maximum absolute atomic E-state index is 11.9. The first-order chi connectivity index (χ1) is 10.1. The molecule has 0 unspecified atom stereocenters. The molecule has 4 heteroatoms. The van der Waals surface area contributed by atoms with Crippen LogP contribution in [0.25, 0.3) is 0 Å². The van der Waals surface area contributed by atoms with E-state index in [2.05, 4.69) is 21.2 Å². The molecule has 0 saturated carbocycles. The second kappa shape index (κ2) is 7.27. The second-order valence-corrected chi connectivity index (χ2v) is 5.81. The third kappa shape index (κ3) is 4.60. The molecule has 21 heavy (non-hydrogen) atoms. The van der Waals surface area contributed by atoms with Crippen LogP contribution in [0.15, 0.2) is 53.0 Å². The van der Waals surface area contributed by atoms with Crippen LogP contribution < -0.4 is 10.1 Å². The van der Waals surface area contributed by atoms with Crippen LogP contribution in [0.4, 0.5) is 0 Å². The van der Waals surface area contributed by atoms with Crippen LogP contribution in [0.5, 0.6) is 5.75 Å². The van der Waals surface area contributed by atoms with E-state index < -0.39 is 0 Å². The number of hydrogen-bond donors (Lipinski definition) is 1. The van der Waals surface area contributed by atoms with E-state index in [1.54, 1.807) is 0 Å². The van der Waals surface area contributed by atoms with Gasteiger partial charge in [0.05, 0.1) is 6.04 Å². The predicted molar refractivity (Wildman–Crippen MR) is 87.4 cm³/mol. The van der Waals surface area contributed by atoms with Gasteiger partial charge in [-0.15, -0.1) is 0 Å². The highest BCUT2D eigenvalue weighted by atomic mass is 79.9. The Labute approximate surface area is 133 Å². The van der Waals surface area contributed by atoms with Crippen molar-refractivity contribution in [2.75, 3.05) is 6.61 Å². The van der Waals surface area contributed by atoms with E-state index in [-0.39, 0.29) is 18.6 Å². The summed E-state index contributed by atoms with van der Waals surface area (Å²) < 4.78 is 6.56. The molecule has 0 heterocycles. The third-order valence-electron chi connectivity index (χ3n) is 3.20. The van der Waals surface area contributed by atoms with E-state index in [0.29, 0.717) is 0 Å². The Morgan fingerprint density at radius 2 is 1.86 bits per heavy atom. The standard InChI is InChI=1S/C17H18BrNO2/c1-12-5-3-4-6-16(12)21-11-17(20)19-13(2)14-7-9-15(18)10-8-14/h3-10,13H,11H2,1-2H3,(H,19,20)/t13-/m0/s1. The summed E-state index contributed by atoms with van der Waals surface area (Å²) in [6.45, 7) is 3.93. The van der Waals surface area contributed by atoms with Gasteiger partial charge in [0.15, 0.2) is 6.61 Å². The Kier molecular flexibility index (Phi) is 5.39. The van der Waals surface area contributed by atoms with Crippen LogP contribution in [0.2, 0.25) is 0 Å². The fourth-order valence-electron chi connectivity index (χ4n) is 1.98. The summed E-state index contributed by atoms with van der Waals surface area (Å²) in [6.07, 6.45) is 0. The summed E-state index contributed by atoms with van der Waals surface area (Å²) >= 11 is 3.40. The van der Waals surface area contributed by atoms with Gasteiger partial charge in [0.25, 0.3) is 5.91 Å². The molecule has 2 aromatic carbocycles. The molecule has 2 aromatic rings. The number of ether oxygens (including phenoxy) is 1. The molecule has 0 spiro atoms. The normalized spacial score (nSPS) is 11.8. The summed E-state index contributed by atoms with van der Waals surface area (Å²) in [5.74, 6) is 0.609. The van der Waals surface area contributed by atoms with Crippen LogP contribution in [-0.2, 0) is 4.79 Å². The fraction of sp³-hybridized carbons (Fsp3) is 0.235. The minimum atomic E-state index is -0.131. The Morgan fingerprint density at radius 1 is 1.19 bits per heavy atom. The zero-order valence-corrected chi connectivity index (χ0v) is 13.7. The molecule has 0 radical (unpaired) electrons. The molecular weight excluding hydrogens is 330 g/mol. The van der Waals surface area contributed by atoms with Crippen molar-refractivity contribution >= 4 is 21.8 Å². The topological polar surface area (TPSA) is 38.3 Å². The van der Waals surface area contributed by atoms with Gasteiger partial charge in [0, 0.05) is 4.47 Å². The molecule has 0 aliphatic carbocycles. The number of amides is 1. The zero-order valence-electron chi connectivity index (χ0n) is 12.1. The zero-order chi connectivity index (χ0) is 15.2. The van der Waals surface area contributed by atoms with E-state index in [1.807, 2.05) is 62.4 Å². The summed E-state index contributed by atoms with van der Waals surface area (Å²) in [7, 11) is 0. The van der Waals surface area contributed by atoms with E-state index in [0.717, 1.165) is 21.3 Å². The monoisotopic (exact) mass is 347 g/mol. The van der Waals surface area contributed by atoms with Crippen LogP contribution >= 0.6 is 15.9 Å². The molecule has 3 nitrogen and oxygen atoms in total. The quantitative estimate of drug-likeness (QED) is 0.887. The lowest BCUT2D eigenvalue weighted by Gasteiger charge is -2.15. The van der Waals surface area contributed by atoms with Crippen molar-refractivity contribution in [3.63, 3.8) is 0 Å². The van der Waals surface area contributed by atoms with E-state index in [1.165, 1.54) is 0 Å². The van der Waals surface area contributed by atoms with Gasteiger partial charge in [-0.1, -0.05) is 46.3 Å². The van der Waals surface area contributed by atoms with Crippen molar-refractivity contribution in [3.8, 4) is 5.75 Å². The number of halogens is 1. The number of carbonyl (C=O) groups is 1. The molecule has 1 N–H and O–H groups in total. The minimum absolute atomic E-state index is 0.0196. The van der Waals surface area contributed by atoms with E-state index >= 15 is 0 Å². The third-order valence-corrected chi connectivity index (χ3v) is 3.73. The molecule has 1 amide bonds. The average molecular weight is 348 g/mol. The first-order valence-electron chi connectivity index (χ1n) is 6.79. The molecule has 110 valence electrons. The van der Waals surface area contributed by atoms with Gasteiger partial charge in [-0.3, -0.25) is 4.79 Å². The number of hydrogen-bond acceptors (Lipinski definition) is 2. The molecular formula is C17H18BrNO2. The molecule has 0 saturated heterocycles. The first kappa shape index (κ1) is 15.6. The highest BCUT2D eigenvalue weighted by Crippen LogP contribution is 2.17. The second-order valence-electron chi connectivity index (χ2n) is 4.89. The van der Waals surface area contributed by atoms with Crippen molar-refractivity contribution in [3.05, 3.63) is 64.1 Å². The summed E-state index contributed by atoms with van der Waals surface area (Å²) in [5.41, 5.74) is 2.08. The summed E-state index contributed by atoms with van der Waals surface area (Å²) in [6, 6.07) is 15.5. The molecule has 0 fully saturated rings. The Bertz CT molecular complexity index is 610. The first-order valence-corrected chi connectivity index (χ1v) is 7.59. The lowest BCUT2D eigenvalue weighted by Crippen LogP contribution is -2.31. The number of para-hydroxylation sites is 1. The number of rotatable bonds is 5. The molecule has 0 bridgehead atoms. The van der Waals surface area contributed by atoms with Crippen molar-refractivity contribution in [1.29, 1.82) is 0 Å². The lowest BCUT2D eigenvalue weighted by molar-refractivity contribution is -0.123. The highest BCUT2D eigenvalue weighted by molar-refractivity contribution is 9.10. The Hall–Kier alpha value is -1.81. The summed E-state index contributed by atoms with van der Waals surface area (Å²) in [5, 5.41) is 2.93. The predicted octanol–water partition coefficient (Wildman–Crippen LogP) is 4.01. The number of carbonyl (C=O) groups excluding carboxylic acids is 1. The highest BCUT2D eigenvalue weighted by Gasteiger charge is 2.10. The van der Waals surface area contributed by atoms with Crippen LogP contribution in [-0.4, -0.2) is 12.5 Å². The molecule has 0 aromatic heterocycles. The smallest absolute Gasteiger partial charge is 0.258 e. The van der Waals surface area contributed by atoms with Crippen molar-refractivity contribution in [1.82, 2.24) is 5.32 Å². The van der Waals surface area contributed by atoms with Crippen LogP contribution in [0.1, 0.15) is 24.1 Å². The number of benzene rings is 2. The van der Waals surface area contributed by atoms with Gasteiger partial charge < -0.3 is 10.1 Å². The van der Waals surface area contributed by atoms with Crippen molar-refractivity contribution in [2.45, 2.75) is 19.9 Å². The largest absolute Gasteiger partial charge is 0.484 e. The maximum Gasteiger partial charge on any atom is 0.258 e. The molecule has 0 aliphatic rings. The molecule has 1 atom stereocenters. The van der Waals surface area contributed by atoms with Crippen LogP contribution in [0.3, 0.4) is 0 Å². The molecule has 0 aliphatic heterocycles. The Balaban J connectivity index is 1.87. The van der Waals surface area contributed by atoms with Gasteiger partial charge in [-0.25, -0.2) is 0 Å². The van der Waals surface area contributed by atoms with E-state index in [4.69, 9.17) is 4.74 Å². The van der Waals surface area contributed by atoms with Gasteiger partial charge in [0.1, 0.15) is 5.75 Å². The number of nitrogens with one attached hydrogen (secondary N) is 1. The van der Waals surface area contributed by atoms with Crippen molar-refractivity contribution in [2.24, 2.45) is 0 Å². The maximum atomic E-state index is 11.9. The SMILES string of the molecule is Cc1ccccc1OCC(=O)N[C@@H](C)c1ccc(Br)cc1. The van der Waals surface area contributed by atoms with Crippen LogP contribution in [0, 0.1) is 6.92 Å².